The summed E-state index contributed by atoms with van der Waals surface area (Å²) in [5, 5.41) is 13.4. The molecule has 3 heterocycles. The second-order valence-corrected chi connectivity index (χ2v) is 13.7. The van der Waals surface area contributed by atoms with E-state index < -0.39 is 11.9 Å². The fourth-order valence-electron chi connectivity index (χ4n) is 7.14. The number of piperazine rings is 1. The third-order valence-corrected chi connectivity index (χ3v) is 10.6. The molecule has 3 aliphatic rings. The number of furan rings is 1. The first-order valence-electron chi connectivity index (χ1n) is 16.5. The predicted octanol–water partition coefficient (Wildman–Crippen LogP) is 5.33. The summed E-state index contributed by atoms with van der Waals surface area (Å²) >= 11 is 13.3. The van der Waals surface area contributed by atoms with Crippen molar-refractivity contribution >= 4 is 63.5 Å². The molecule has 11 nitrogen and oxygen atoms in total. The number of fused-ring (bicyclic) bond motifs is 1. The van der Waals surface area contributed by atoms with Crippen LogP contribution in [0.1, 0.15) is 54.9 Å². The van der Waals surface area contributed by atoms with Gasteiger partial charge in [0.25, 0.3) is 5.91 Å². The van der Waals surface area contributed by atoms with Crippen LogP contribution in [-0.2, 0) is 25.5 Å². The van der Waals surface area contributed by atoms with Crippen molar-refractivity contribution in [2.45, 2.75) is 63.6 Å². The molecule has 2 aromatic carbocycles. The number of likely N-dealkylation sites (N-methyl/N-ethyl adjacent to an activating group) is 1. The smallest absolute Gasteiger partial charge is 0.306 e. The van der Waals surface area contributed by atoms with E-state index in [0.717, 1.165) is 6.54 Å². The van der Waals surface area contributed by atoms with Crippen molar-refractivity contribution in [1.29, 1.82) is 0 Å². The number of nitrogens with zero attached hydrogens (tertiary/aromatic N) is 3. The highest BCUT2D eigenvalue weighted by Crippen LogP contribution is 2.33. The summed E-state index contributed by atoms with van der Waals surface area (Å²) in [7, 11) is 0. The summed E-state index contributed by atoms with van der Waals surface area (Å²) in [6, 6.07) is 10.2. The Morgan fingerprint density at radius 1 is 1.06 bits per heavy atom. The summed E-state index contributed by atoms with van der Waals surface area (Å²) in [6.07, 6.45) is 4.49. The molecule has 3 aromatic rings. The van der Waals surface area contributed by atoms with Gasteiger partial charge in [-0.25, -0.2) is 0 Å². The molecular formula is C35H40Cl2N4O7. The minimum Gasteiger partial charge on any atom is -0.481 e. The molecule has 0 spiro atoms. The first-order valence-corrected chi connectivity index (χ1v) is 17.3. The maximum atomic E-state index is 13.9. The highest BCUT2D eigenvalue weighted by atomic mass is 35.5. The van der Waals surface area contributed by atoms with E-state index in [1.165, 1.54) is 6.26 Å². The molecule has 13 heteroatoms. The summed E-state index contributed by atoms with van der Waals surface area (Å²) in [5.74, 6) is -1.55. The van der Waals surface area contributed by atoms with E-state index in [0.29, 0.717) is 97.7 Å². The zero-order chi connectivity index (χ0) is 33.9. The van der Waals surface area contributed by atoms with Crippen LogP contribution in [0.3, 0.4) is 0 Å². The number of anilines is 1. The summed E-state index contributed by atoms with van der Waals surface area (Å²) in [5.41, 5.74) is 1.80. The van der Waals surface area contributed by atoms with E-state index in [1.54, 1.807) is 24.3 Å². The zero-order valence-corrected chi connectivity index (χ0v) is 28.3. The number of ether oxygens (including phenoxy) is 1. The lowest BCUT2D eigenvalue weighted by Gasteiger charge is -2.37. The lowest BCUT2D eigenvalue weighted by molar-refractivity contribution is -0.144. The molecule has 2 N–H and O–H groups in total. The van der Waals surface area contributed by atoms with Crippen molar-refractivity contribution in [3.8, 4) is 0 Å². The molecule has 48 heavy (non-hydrogen) atoms. The molecule has 1 aromatic heterocycles. The van der Waals surface area contributed by atoms with Gasteiger partial charge in [-0.15, -0.1) is 0 Å². The number of hydrogen-bond acceptors (Lipinski definition) is 7. The van der Waals surface area contributed by atoms with Gasteiger partial charge < -0.3 is 29.4 Å². The van der Waals surface area contributed by atoms with E-state index in [9.17, 15) is 24.3 Å². The third kappa shape index (κ3) is 7.49. The first-order chi connectivity index (χ1) is 23.1. The van der Waals surface area contributed by atoms with Crippen molar-refractivity contribution in [2.24, 2.45) is 5.92 Å². The van der Waals surface area contributed by atoms with Crippen LogP contribution in [0.25, 0.3) is 11.0 Å². The van der Waals surface area contributed by atoms with Crippen LogP contribution < -0.4 is 5.32 Å². The number of hydrogen-bond donors (Lipinski definition) is 2. The van der Waals surface area contributed by atoms with Crippen molar-refractivity contribution in [3.05, 3.63) is 63.8 Å². The largest absolute Gasteiger partial charge is 0.481 e. The van der Waals surface area contributed by atoms with Crippen molar-refractivity contribution in [3.63, 3.8) is 0 Å². The Morgan fingerprint density at radius 2 is 1.83 bits per heavy atom. The highest BCUT2D eigenvalue weighted by molar-refractivity contribution is 6.36. The number of para-hydroxylation sites is 1. The molecule has 0 bridgehead atoms. The molecule has 2 aliphatic heterocycles. The molecule has 256 valence electrons. The topological polar surface area (TPSA) is 133 Å². The van der Waals surface area contributed by atoms with Crippen molar-refractivity contribution in [2.75, 3.05) is 44.6 Å². The van der Waals surface area contributed by atoms with Crippen LogP contribution >= 0.6 is 23.2 Å². The average Bonchev–Trinajstić information content (AvgIpc) is 3.71. The van der Waals surface area contributed by atoms with E-state index in [2.05, 4.69) is 10.2 Å². The number of rotatable bonds is 10. The molecule has 0 unspecified atom stereocenters. The summed E-state index contributed by atoms with van der Waals surface area (Å²) < 4.78 is 11.8. The molecule has 2 atom stereocenters. The highest BCUT2D eigenvalue weighted by Gasteiger charge is 2.40. The fourth-order valence-corrected chi connectivity index (χ4v) is 7.61. The van der Waals surface area contributed by atoms with Gasteiger partial charge in [0.1, 0.15) is 11.8 Å². The van der Waals surface area contributed by atoms with Gasteiger partial charge in [-0.05, 0) is 62.8 Å². The number of halogens is 2. The SMILES string of the molecule is CCN1CCN([C@H]2C[C@@H](CO[C@H]3CC[C@H](C(=O)O)CC3)N(C(=O)Cc3cc(Cl)c(NC(=O)c4coc5ccccc45)cc3Cl)C2)CC1=O. The van der Waals surface area contributed by atoms with Crippen LogP contribution in [0.4, 0.5) is 5.69 Å². The molecule has 1 saturated carbocycles. The Morgan fingerprint density at radius 3 is 2.56 bits per heavy atom. The van der Waals surface area contributed by atoms with Crippen LogP contribution in [0, 0.1) is 5.92 Å². The number of likely N-dealkylation sites (tertiary alicyclic amines) is 1. The molecule has 6 rings (SSSR count). The Hall–Kier alpha value is -3.64. The average molecular weight is 700 g/mol. The second kappa shape index (κ2) is 14.9. The van der Waals surface area contributed by atoms with Crippen LogP contribution in [0.2, 0.25) is 10.0 Å². The van der Waals surface area contributed by atoms with Gasteiger partial charge in [0, 0.05) is 42.6 Å². The minimum atomic E-state index is -0.762. The number of carboxylic acid groups (broad SMARTS) is 1. The number of carbonyl (C=O) groups is 4. The molecule has 1 aliphatic carbocycles. The number of carboxylic acids is 1. The lowest BCUT2D eigenvalue weighted by atomic mass is 9.87. The molecule has 3 amide bonds. The lowest BCUT2D eigenvalue weighted by Crippen LogP contribution is -2.54. The van der Waals surface area contributed by atoms with E-state index in [4.69, 9.17) is 32.4 Å². The van der Waals surface area contributed by atoms with Gasteiger partial charge in [-0.1, -0.05) is 41.4 Å². The Bertz CT molecular complexity index is 1690. The summed E-state index contributed by atoms with van der Waals surface area (Å²) in [4.78, 5) is 56.9. The van der Waals surface area contributed by atoms with E-state index >= 15 is 0 Å². The van der Waals surface area contributed by atoms with Crippen LogP contribution in [-0.4, -0.2) is 101 Å². The quantitative estimate of drug-likeness (QED) is 0.291. The number of carbonyl (C=O) groups excluding carboxylic acids is 3. The third-order valence-electron chi connectivity index (χ3n) is 9.96. The Balaban J connectivity index is 1.13. The van der Waals surface area contributed by atoms with Crippen LogP contribution in [0.15, 0.2) is 47.1 Å². The van der Waals surface area contributed by atoms with Crippen LogP contribution in [0.5, 0.6) is 0 Å². The standard InChI is InChI=1S/C35H40Cl2N4O7/c1-2-39-11-12-40(18-33(39)43)23-15-24(19-47-25-9-7-21(8-10-25)35(45)46)41(17-23)32(42)14-22-13-29(37)30(16-28(22)36)38-34(44)27-20-48-31-6-4-3-5-26(27)31/h3-6,13,16,20-21,23-25H,2,7-12,14-15,17-19H2,1H3,(H,38,44)(H,45,46)/t21-,23-,24-,25-/m0/s1. The maximum absolute atomic E-state index is 13.9. The van der Waals surface area contributed by atoms with E-state index in [-0.39, 0.29) is 47.4 Å². The Labute approximate surface area is 289 Å². The zero-order valence-electron chi connectivity index (χ0n) is 26.8. The number of amides is 3. The predicted molar refractivity (Wildman–Crippen MR) is 181 cm³/mol. The second-order valence-electron chi connectivity index (χ2n) is 12.9. The number of aliphatic carboxylic acids is 1. The van der Waals surface area contributed by atoms with Gasteiger partial charge in [0.15, 0.2) is 0 Å². The fraction of sp³-hybridized carbons (Fsp3) is 0.486. The van der Waals surface area contributed by atoms with Crippen molar-refractivity contribution < 1.29 is 33.4 Å². The molecular weight excluding hydrogens is 659 g/mol. The number of benzene rings is 2. The van der Waals surface area contributed by atoms with E-state index in [1.807, 2.05) is 28.9 Å². The van der Waals surface area contributed by atoms with Gasteiger partial charge in [0.2, 0.25) is 11.8 Å². The molecule has 2 saturated heterocycles. The minimum absolute atomic E-state index is 0.00361. The van der Waals surface area contributed by atoms with Gasteiger partial charge in [-0.3, -0.25) is 24.1 Å². The monoisotopic (exact) mass is 698 g/mol. The molecule has 3 fully saturated rings. The van der Waals surface area contributed by atoms with Gasteiger partial charge in [0.05, 0.1) is 53.9 Å². The van der Waals surface area contributed by atoms with Gasteiger partial charge >= 0.3 is 5.97 Å². The maximum Gasteiger partial charge on any atom is 0.306 e. The first kappa shape index (κ1) is 34.2. The van der Waals surface area contributed by atoms with Gasteiger partial charge in [-0.2, -0.15) is 0 Å². The summed E-state index contributed by atoms with van der Waals surface area (Å²) in [6.45, 7) is 5.14. The number of nitrogens with one attached hydrogen (secondary N) is 1. The Kier molecular flexibility index (Phi) is 10.6. The van der Waals surface area contributed by atoms with Crippen molar-refractivity contribution in [1.82, 2.24) is 14.7 Å². The normalized spacial score (nSPS) is 23.5. The molecule has 0 radical (unpaired) electrons.